The van der Waals surface area contributed by atoms with Crippen molar-refractivity contribution in [2.24, 2.45) is 16.3 Å². The van der Waals surface area contributed by atoms with E-state index < -0.39 is 0 Å². The third-order valence-electron chi connectivity index (χ3n) is 6.06. The normalized spacial score (nSPS) is 15.9. The molecule has 0 saturated carbocycles. The van der Waals surface area contributed by atoms with Crippen LogP contribution in [0.3, 0.4) is 0 Å². The molecule has 0 radical (unpaired) electrons. The number of nitro benzene ring substituents is 1. The Morgan fingerprint density at radius 3 is 2.67 bits per heavy atom. The van der Waals surface area contributed by atoms with Crippen molar-refractivity contribution in [2.45, 2.75) is 49.8 Å². The first-order chi connectivity index (χ1) is 15.8. The van der Waals surface area contributed by atoms with Crippen molar-refractivity contribution in [3.63, 3.8) is 0 Å². The summed E-state index contributed by atoms with van der Waals surface area (Å²) in [6, 6.07) is 17.1. The van der Waals surface area contributed by atoms with Gasteiger partial charge in [-0.15, -0.1) is 11.3 Å². The first-order valence-electron chi connectivity index (χ1n) is 10.9. The standard InChI is InChI=1S/C26H25N3O2S2/c1-26(2,3)18-10-11-20-21(15-27)25(33-24(20)14-18)28-16-17-9-12-23(22(13-17)29(30)31)32-19-7-5-4-6-8-19/h4-9,12-13,16,18H,10-11,14H2,1-3H3/t18-/m0/s1. The molecule has 2 aromatic carbocycles. The van der Waals surface area contributed by atoms with E-state index in [1.807, 2.05) is 36.4 Å². The van der Waals surface area contributed by atoms with Crippen LogP contribution in [0, 0.1) is 32.8 Å². The van der Waals surface area contributed by atoms with Crippen LogP contribution in [0.15, 0.2) is 63.3 Å². The maximum atomic E-state index is 11.7. The van der Waals surface area contributed by atoms with Gasteiger partial charge < -0.3 is 0 Å². The molecule has 1 atom stereocenters. The molecule has 0 fully saturated rings. The Bertz CT molecular complexity index is 1250. The summed E-state index contributed by atoms with van der Waals surface area (Å²) in [5.41, 5.74) is 2.71. The van der Waals surface area contributed by atoms with E-state index in [4.69, 9.17) is 0 Å². The number of hydrogen-bond donors (Lipinski definition) is 0. The lowest BCUT2D eigenvalue weighted by Gasteiger charge is -2.33. The van der Waals surface area contributed by atoms with Gasteiger partial charge in [0.05, 0.1) is 15.4 Å². The van der Waals surface area contributed by atoms with Gasteiger partial charge in [0.1, 0.15) is 11.1 Å². The van der Waals surface area contributed by atoms with E-state index in [0.717, 1.165) is 29.7 Å². The van der Waals surface area contributed by atoms with Crippen LogP contribution in [0.25, 0.3) is 0 Å². The van der Waals surface area contributed by atoms with Crippen molar-refractivity contribution in [2.75, 3.05) is 0 Å². The summed E-state index contributed by atoms with van der Waals surface area (Å²) >= 11 is 2.95. The zero-order valence-corrected chi connectivity index (χ0v) is 20.5. The summed E-state index contributed by atoms with van der Waals surface area (Å²) in [5.74, 6) is 0.587. The number of nitrogens with zero attached hydrogens (tertiary/aromatic N) is 3. The molecule has 1 aliphatic rings. The Kier molecular flexibility index (Phi) is 6.68. The van der Waals surface area contributed by atoms with Crippen LogP contribution in [0.2, 0.25) is 0 Å². The zero-order chi connectivity index (χ0) is 23.6. The Balaban J connectivity index is 1.61. The van der Waals surface area contributed by atoms with Gasteiger partial charge in [-0.1, -0.05) is 56.8 Å². The highest BCUT2D eigenvalue weighted by molar-refractivity contribution is 7.99. The van der Waals surface area contributed by atoms with Gasteiger partial charge in [0.2, 0.25) is 0 Å². The van der Waals surface area contributed by atoms with Gasteiger partial charge in [0.15, 0.2) is 0 Å². The lowest BCUT2D eigenvalue weighted by molar-refractivity contribution is -0.387. The average Bonchev–Trinajstić information content (AvgIpc) is 3.15. The fraction of sp³-hybridized carbons (Fsp3) is 0.308. The summed E-state index contributed by atoms with van der Waals surface area (Å²) < 4.78 is 0. The van der Waals surface area contributed by atoms with Crippen molar-refractivity contribution in [3.8, 4) is 6.07 Å². The minimum absolute atomic E-state index is 0.0480. The summed E-state index contributed by atoms with van der Waals surface area (Å²) in [7, 11) is 0. The van der Waals surface area contributed by atoms with Crippen molar-refractivity contribution < 1.29 is 4.92 Å². The van der Waals surface area contributed by atoms with E-state index in [0.29, 0.717) is 26.9 Å². The molecule has 33 heavy (non-hydrogen) atoms. The minimum Gasteiger partial charge on any atom is -0.258 e. The third-order valence-corrected chi connectivity index (χ3v) is 8.30. The van der Waals surface area contributed by atoms with E-state index in [-0.39, 0.29) is 16.0 Å². The first-order valence-corrected chi connectivity index (χ1v) is 12.5. The number of fused-ring (bicyclic) bond motifs is 1. The monoisotopic (exact) mass is 475 g/mol. The van der Waals surface area contributed by atoms with E-state index >= 15 is 0 Å². The van der Waals surface area contributed by atoms with Crippen LogP contribution in [0.5, 0.6) is 0 Å². The Hall–Kier alpha value is -2.95. The van der Waals surface area contributed by atoms with Gasteiger partial charge in [-0.2, -0.15) is 5.26 Å². The van der Waals surface area contributed by atoms with Gasteiger partial charge in [0, 0.05) is 22.1 Å². The summed E-state index contributed by atoms with van der Waals surface area (Å²) in [4.78, 5) is 18.7. The largest absolute Gasteiger partial charge is 0.283 e. The molecule has 1 heterocycles. The van der Waals surface area contributed by atoms with Crippen molar-refractivity contribution in [1.82, 2.24) is 0 Å². The van der Waals surface area contributed by atoms with E-state index in [9.17, 15) is 15.4 Å². The maximum absolute atomic E-state index is 11.7. The molecule has 0 saturated heterocycles. The molecule has 4 rings (SSSR count). The van der Waals surface area contributed by atoms with Gasteiger partial charge in [0.25, 0.3) is 5.69 Å². The molecular formula is C26H25N3O2S2. The number of nitriles is 1. The number of aliphatic imine (C=N–C) groups is 1. The minimum atomic E-state index is -0.361. The predicted molar refractivity (Wildman–Crippen MR) is 135 cm³/mol. The van der Waals surface area contributed by atoms with E-state index in [1.165, 1.54) is 16.6 Å². The summed E-state index contributed by atoms with van der Waals surface area (Å²) in [5, 5.41) is 22.2. The molecule has 0 bridgehead atoms. The second-order valence-corrected chi connectivity index (χ2v) is 11.5. The third kappa shape index (κ3) is 5.18. The molecular weight excluding hydrogens is 450 g/mol. The number of rotatable bonds is 5. The van der Waals surface area contributed by atoms with Crippen molar-refractivity contribution in [3.05, 3.63) is 80.2 Å². The number of nitro groups is 1. The summed E-state index contributed by atoms with van der Waals surface area (Å²) in [6.07, 6.45) is 4.59. The summed E-state index contributed by atoms with van der Waals surface area (Å²) in [6.45, 7) is 6.81. The molecule has 3 aromatic rings. The van der Waals surface area contributed by atoms with Crippen LogP contribution in [-0.4, -0.2) is 11.1 Å². The topological polar surface area (TPSA) is 79.3 Å². The van der Waals surface area contributed by atoms with Gasteiger partial charge in [-0.05, 0) is 59.9 Å². The molecule has 5 nitrogen and oxygen atoms in total. The van der Waals surface area contributed by atoms with Crippen LogP contribution in [-0.2, 0) is 12.8 Å². The highest BCUT2D eigenvalue weighted by Gasteiger charge is 2.32. The fourth-order valence-electron chi connectivity index (χ4n) is 4.11. The maximum Gasteiger partial charge on any atom is 0.283 e. The van der Waals surface area contributed by atoms with Crippen molar-refractivity contribution in [1.29, 1.82) is 5.26 Å². The second kappa shape index (κ2) is 9.50. The van der Waals surface area contributed by atoms with Crippen LogP contribution >= 0.6 is 23.1 Å². The lowest BCUT2D eigenvalue weighted by Crippen LogP contribution is -2.26. The highest BCUT2D eigenvalue weighted by Crippen LogP contribution is 2.45. The molecule has 7 heteroatoms. The smallest absolute Gasteiger partial charge is 0.258 e. The average molecular weight is 476 g/mol. The molecule has 0 unspecified atom stereocenters. The Labute approximate surface area is 202 Å². The molecule has 1 aliphatic carbocycles. The molecule has 1 aromatic heterocycles. The number of thiophene rings is 1. The second-order valence-electron chi connectivity index (χ2n) is 9.26. The van der Waals surface area contributed by atoms with Crippen LogP contribution in [0.4, 0.5) is 10.7 Å². The highest BCUT2D eigenvalue weighted by atomic mass is 32.2. The van der Waals surface area contributed by atoms with Gasteiger partial charge in [-0.3, -0.25) is 10.1 Å². The predicted octanol–water partition coefficient (Wildman–Crippen LogP) is 7.58. The Morgan fingerprint density at radius 2 is 2.00 bits per heavy atom. The van der Waals surface area contributed by atoms with Gasteiger partial charge in [-0.25, -0.2) is 4.99 Å². The van der Waals surface area contributed by atoms with Crippen molar-refractivity contribution >= 4 is 40.0 Å². The van der Waals surface area contributed by atoms with Crippen LogP contribution in [0.1, 0.15) is 48.8 Å². The fourth-order valence-corrected chi connectivity index (χ4v) is 6.25. The lowest BCUT2D eigenvalue weighted by atomic mass is 9.72. The molecule has 0 spiro atoms. The van der Waals surface area contributed by atoms with E-state index in [2.05, 4.69) is 31.8 Å². The van der Waals surface area contributed by atoms with Gasteiger partial charge >= 0.3 is 0 Å². The number of hydrogen-bond acceptors (Lipinski definition) is 6. The molecule has 168 valence electrons. The van der Waals surface area contributed by atoms with E-state index in [1.54, 1.807) is 29.7 Å². The Morgan fingerprint density at radius 1 is 1.24 bits per heavy atom. The first kappa shape index (κ1) is 23.2. The van der Waals surface area contributed by atoms with Crippen LogP contribution < -0.4 is 0 Å². The number of benzene rings is 2. The molecule has 0 N–H and O–H groups in total. The zero-order valence-electron chi connectivity index (χ0n) is 18.9. The quantitative estimate of drug-likeness (QED) is 0.216. The SMILES string of the molecule is CC(C)(C)[C@H]1CCc2c(sc(N=Cc3ccc(Sc4ccccc4)c([N+](=O)[O-])c3)c2C#N)C1. The molecule has 0 aliphatic heterocycles. The molecule has 0 amide bonds.